The lowest BCUT2D eigenvalue weighted by molar-refractivity contribution is 0.0985. The van der Waals surface area contributed by atoms with Crippen LogP contribution in [0.2, 0.25) is 0 Å². The summed E-state index contributed by atoms with van der Waals surface area (Å²) in [7, 11) is 0. The van der Waals surface area contributed by atoms with Gasteiger partial charge in [-0.2, -0.15) is 0 Å². The molecule has 0 spiro atoms. The molecule has 2 rings (SSSR count). The lowest BCUT2D eigenvalue weighted by Crippen LogP contribution is -2.28. The third-order valence-corrected chi connectivity index (χ3v) is 3.80. The van der Waals surface area contributed by atoms with Gasteiger partial charge in [-0.3, -0.25) is 0 Å². The molecular weight excluding hydrogens is 238 g/mol. The number of ether oxygens (including phenoxy) is 2. The quantitative estimate of drug-likeness (QED) is 0.835. The molecule has 19 heavy (non-hydrogen) atoms. The van der Waals surface area contributed by atoms with Gasteiger partial charge in [0.15, 0.2) is 0 Å². The SMILES string of the molecule is CCOc1cc(N)cc(OC2CCC(C)(C)CC2)c1. The number of nitrogens with two attached hydrogens (primary N) is 1. The topological polar surface area (TPSA) is 44.5 Å². The number of benzene rings is 1. The third kappa shape index (κ3) is 4.05. The van der Waals surface area contributed by atoms with Gasteiger partial charge in [0, 0.05) is 23.9 Å². The highest BCUT2D eigenvalue weighted by Crippen LogP contribution is 2.37. The van der Waals surface area contributed by atoms with E-state index >= 15 is 0 Å². The maximum atomic E-state index is 6.06. The van der Waals surface area contributed by atoms with E-state index in [-0.39, 0.29) is 0 Å². The maximum absolute atomic E-state index is 6.06. The van der Waals surface area contributed by atoms with Crippen molar-refractivity contribution in [3.05, 3.63) is 18.2 Å². The minimum atomic E-state index is 0.310. The first-order chi connectivity index (χ1) is 8.98. The molecule has 0 aliphatic heterocycles. The van der Waals surface area contributed by atoms with Crippen molar-refractivity contribution in [2.45, 2.75) is 52.6 Å². The van der Waals surface area contributed by atoms with E-state index in [0.29, 0.717) is 23.8 Å². The van der Waals surface area contributed by atoms with Gasteiger partial charge in [0.05, 0.1) is 12.7 Å². The maximum Gasteiger partial charge on any atom is 0.125 e. The second kappa shape index (κ2) is 5.72. The minimum Gasteiger partial charge on any atom is -0.494 e. The molecule has 2 N–H and O–H groups in total. The second-order valence-electron chi connectivity index (χ2n) is 6.15. The van der Waals surface area contributed by atoms with Crippen molar-refractivity contribution in [3.63, 3.8) is 0 Å². The molecule has 1 aromatic carbocycles. The first-order valence-electron chi connectivity index (χ1n) is 7.18. The molecule has 0 aromatic heterocycles. The first kappa shape index (κ1) is 14.0. The first-order valence-corrected chi connectivity index (χ1v) is 7.18. The van der Waals surface area contributed by atoms with Gasteiger partial charge < -0.3 is 15.2 Å². The Balaban J connectivity index is 1.99. The lowest BCUT2D eigenvalue weighted by Gasteiger charge is -2.34. The van der Waals surface area contributed by atoms with Crippen molar-refractivity contribution in [1.82, 2.24) is 0 Å². The number of hydrogen-bond donors (Lipinski definition) is 1. The Morgan fingerprint density at radius 2 is 1.79 bits per heavy atom. The molecule has 1 saturated carbocycles. The number of rotatable bonds is 4. The van der Waals surface area contributed by atoms with E-state index in [1.807, 2.05) is 25.1 Å². The molecule has 0 bridgehead atoms. The number of anilines is 1. The lowest BCUT2D eigenvalue weighted by atomic mass is 9.76. The summed E-state index contributed by atoms with van der Waals surface area (Å²) in [4.78, 5) is 0. The molecule has 0 atom stereocenters. The van der Waals surface area contributed by atoms with Gasteiger partial charge in [0.2, 0.25) is 0 Å². The molecule has 106 valence electrons. The van der Waals surface area contributed by atoms with Crippen LogP contribution in [-0.2, 0) is 0 Å². The molecule has 1 aromatic rings. The summed E-state index contributed by atoms with van der Waals surface area (Å²) in [6.45, 7) is 7.27. The Bertz CT molecular complexity index is 419. The predicted molar refractivity (Wildman–Crippen MR) is 78.7 cm³/mol. The monoisotopic (exact) mass is 263 g/mol. The van der Waals surface area contributed by atoms with Gasteiger partial charge in [-0.05, 0) is 38.0 Å². The van der Waals surface area contributed by atoms with Crippen LogP contribution in [0.15, 0.2) is 18.2 Å². The van der Waals surface area contributed by atoms with Crippen LogP contribution >= 0.6 is 0 Å². The van der Waals surface area contributed by atoms with Crippen LogP contribution in [0.4, 0.5) is 5.69 Å². The molecule has 3 heteroatoms. The summed E-state index contributed by atoms with van der Waals surface area (Å²) < 4.78 is 11.5. The van der Waals surface area contributed by atoms with E-state index in [2.05, 4.69) is 13.8 Å². The fourth-order valence-electron chi connectivity index (χ4n) is 2.59. The van der Waals surface area contributed by atoms with Gasteiger partial charge in [0.25, 0.3) is 0 Å². The van der Waals surface area contributed by atoms with Crippen molar-refractivity contribution in [2.24, 2.45) is 5.41 Å². The molecule has 1 fully saturated rings. The zero-order valence-electron chi connectivity index (χ0n) is 12.2. The standard InChI is InChI=1S/C16H25NO2/c1-4-18-14-9-12(17)10-15(11-14)19-13-5-7-16(2,3)8-6-13/h9-11,13H,4-8,17H2,1-3H3. The fourth-order valence-corrected chi connectivity index (χ4v) is 2.59. The highest BCUT2D eigenvalue weighted by atomic mass is 16.5. The van der Waals surface area contributed by atoms with Crippen molar-refractivity contribution < 1.29 is 9.47 Å². The largest absolute Gasteiger partial charge is 0.494 e. The molecule has 3 nitrogen and oxygen atoms in total. The molecule has 0 amide bonds. The Kier molecular flexibility index (Phi) is 4.23. The van der Waals surface area contributed by atoms with Gasteiger partial charge >= 0.3 is 0 Å². The van der Waals surface area contributed by atoms with Gasteiger partial charge in [0.1, 0.15) is 11.5 Å². The summed E-state index contributed by atoms with van der Waals surface area (Å²) in [6.07, 6.45) is 4.98. The van der Waals surface area contributed by atoms with E-state index in [1.54, 1.807) is 0 Å². The van der Waals surface area contributed by atoms with Gasteiger partial charge in [-0.25, -0.2) is 0 Å². The Morgan fingerprint density at radius 3 is 2.42 bits per heavy atom. The third-order valence-electron chi connectivity index (χ3n) is 3.80. The summed E-state index contributed by atoms with van der Waals surface area (Å²) in [5, 5.41) is 0. The zero-order chi connectivity index (χ0) is 13.9. The highest BCUT2D eigenvalue weighted by molar-refractivity contribution is 5.50. The van der Waals surface area contributed by atoms with Crippen molar-refractivity contribution in [3.8, 4) is 11.5 Å². The van der Waals surface area contributed by atoms with Crippen LogP contribution in [0.5, 0.6) is 11.5 Å². The predicted octanol–water partition coefficient (Wildman–Crippen LogP) is 4.02. The van der Waals surface area contributed by atoms with E-state index in [4.69, 9.17) is 15.2 Å². The second-order valence-corrected chi connectivity index (χ2v) is 6.15. The van der Waals surface area contributed by atoms with Crippen molar-refractivity contribution in [2.75, 3.05) is 12.3 Å². The van der Waals surface area contributed by atoms with Crippen LogP contribution in [0, 0.1) is 5.41 Å². The van der Waals surface area contributed by atoms with Crippen LogP contribution in [0.1, 0.15) is 46.5 Å². The summed E-state index contributed by atoms with van der Waals surface area (Å²) in [5.41, 5.74) is 7.03. The fraction of sp³-hybridized carbons (Fsp3) is 0.625. The molecule has 1 aliphatic carbocycles. The molecule has 0 saturated heterocycles. The highest BCUT2D eigenvalue weighted by Gasteiger charge is 2.27. The van der Waals surface area contributed by atoms with Crippen LogP contribution < -0.4 is 15.2 Å². The van der Waals surface area contributed by atoms with E-state index in [9.17, 15) is 0 Å². The van der Waals surface area contributed by atoms with Crippen LogP contribution in [-0.4, -0.2) is 12.7 Å². The smallest absolute Gasteiger partial charge is 0.125 e. The van der Waals surface area contributed by atoms with Crippen molar-refractivity contribution in [1.29, 1.82) is 0 Å². The van der Waals surface area contributed by atoms with Crippen LogP contribution in [0.25, 0.3) is 0 Å². The Morgan fingerprint density at radius 1 is 1.16 bits per heavy atom. The van der Waals surface area contributed by atoms with E-state index in [1.165, 1.54) is 12.8 Å². The molecule has 1 aliphatic rings. The summed E-state index contributed by atoms with van der Waals surface area (Å²) >= 11 is 0. The number of hydrogen-bond acceptors (Lipinski definition) is 3. The Hall–Kier alpha value is -1.38. The summed E-state index contributed by atoms with van der Waals surface area (Å²) in [5.74, 6) is 1.61. The van der Waals surface area contributed by atoms with E-state index in [0.717, 1.165) is 24.3 Å². The normalized spacial score (nSPS) is 19.1. The molecule has 0 heterocycles. The van der Waals surface area contributed by atoms with Gasteiger partial charge in [-0.15, -0.1) is 0 Å². The number of nitrogen functional groups attached to an aromatic ring is 1. The minimum absolute atomic E-state index is 0.310. The molecular formula is C16H25NO2. The Labute approximate surface area is 116 Å². The van der Waals surface area contributed by atoms with Crippen LogP contribution in [0.3, 0.4) is 0 Å². The average molecular weight is 263 g/mol. The molecule has 0 unspecified atom stereocenters. The van der Waals surface area contributed by atoms with Crippen molar-refractivity contribution >= 4 is 5.69 Å². The average Bonchev–Trinajstić information content (AvgIpc) is 2.32. The van der Waals surface area contributed by atoms with Gasteiger partial charge in [-0.1, -0.05) is 13.8 Å². The zero-order valence-corrected chi connectivity index (χ0v) is 12.2. The van der Waals surface area contributed by atoms with E-state index < -0.39 is 0 Å². The summed E-state index contributed by atoms with van der Waals surface area (Å²) in [6, 6.07) is 5.64. The molecule has 0 radical (unpaired) electrons.